The summed E-state index contributed by atoms with van der Waals surface area (Å²) in [5, 5.41) is 0. The molecule has 5 heteroatoms. The van der Waals surface area contributed by atoms with Crippen molar-refractivity contribution in [1.82, 2.24) is 4.57 Å². The van der Waals surface area contributed by atoms with Gasteiger partial charge in [0.2, 0.25) is 0 Å². The number of carbonyl (C=O) groups excluding carboxylic acids is 1. The van der Waals surface area contributed by atoms with Gasteiger partial charge in [0.15, 0.2) is 0 Å². The average molecular weight is 212 g/mol. The molecule has 0 saturated carbocycles. The Balaban J connectivity index is 3.00. The van der Waals surface area contributed by atoms with Gasteiger partial charge in [-0.2, -0.15) is 0 Å². The van der Waals surface area contributed by atoms with Gasteiger partial charge in [0, 0.05) is 13.3 Å². The van der Waals surface area contributed by atoms with E-state index in [0.29, 0.717) is 18.0 Å². The Hall–Kier alpha value is -1.49. The lowest BCUT2D eigenvalue weighted by Gasteiger charge is -2.15. The van der Waals surface area contributed by atoms with Crippen LogP contribution in [0.4, 0.5) is 5.69 Å². The third-order valence-electron chi connectivity index (χ3n) is 2.15. The second kappa shape index (κ2) is 4.84. The van der Waals surface area contributed by atoms with Crippen molar-refractivity contribution in [3.63, 3.8) is 0 Å². The van der Waals surface area contributed by atoms with Crippen LogP contribution in [0.5, 0.6) is 0 Å². The predicted molar refractivity (Wildman–Crippen MR) is 56.8 cm³/mol. The minimum absolute atomic E-state index is 0.0430. The molecule has 1 aromatic heterocycles. The van der Waals surface area contributed by atoms with Crippen molar-refractivity contribution in [2.75, 3.05) is 26.6 Å². The van der Waals surface area contributed by atoms with Crippen LogP contribution < -0.4 is 5.73 Å². The number of nitrogen functional groups attached to an aromatic ring is 1. The van der Waals surface area contributed by atoms with Crippen molar-refractivity contribution in [1.29, 1.82) is 0 Å². The maximum absolute atomic E-state index is 11.4. The number of esters is 1. The zero-order chi connectivity index (χ0) is 11.4. The zero-order valence-electron chi connectivity index (χ0n) is 9.19. The average Bonchev–Trinajstić information content (AvgIpc) is 2.59. The molecule has 84 valence electrons. The Morgan fingerprint density at radius 3 is 2.80 bits per heavy atom. The number of rotatable bonds is 4. The van der Waals surface area contributed by atoms with Crippen molar-refractivity contribution in [3.8, 4) is 0 Å². The number of carbonyl (C=O) groups is 1. The molecule has 0 aliphatic rings. The van der Waals surface area contributed by atoms with Crippen molar-refractivity contribution < 1.29 is 14.3 Å². The Morgan fingerprint density at radius 1 is 1.60 bits per heavy atom. The number of hydrogen-bond acceptors (Lipinski definition) is 4. The second-order valence-corrected chi connectivity index (χ2v) is 3.36. The molecule has 0 bridgehead atoms. The normalized spacial score (nSPS) is 12.5. The van der Waals surface area contributed by atoms with E-state index in [9.17, 15) is 4.79 Å². The van der Waals surface area contributed by atoms with E-state index >= 15 is 0 Å². The van der Waals surface area contributed by atoms with Crippen molar-refractivity contribution in [3.05, 3.63) is 18.0 Å². The van der Waals surface area contributed by atoms with Crippen LogP contribution in [0.1, 0.15) is 23.5 Å². The summed E-state index contributed by atoms with van der Waals surface area (Å²) >= 11 is 0. The molecule has 1 atom stereocenters. The Kier molecular flexibility index (Phi) is 3.74. The summed E-state index contributed by atoms with van der Waals surface area (Å²) in [5.74, 6) is -0.394. The summed E-state index contributed by atoms with van der Waals surface area (Å²) in [6.45, 7) is 2.45. The summed E-state index contributed by atoms with van der Waals surface area (Å²) in [6, 6.07) is 1.64. The molecule has 15 heavy (non-hydrogen) atoms. The predicted octanol–water partition coefficient (Wildman–Crippen LogP) is 1.06. The van der Waals surface area contributed by atoms with Gasteiger partial charge in [-0.05, 0) is 13.0 Å². The van der Waals surface area contributed by atoms with E-state index in [4.69, 9.17) is 10.5 Å². The van der Waals surface area contributed by atoms with E-state index < -0.39 is 5.97 Å². The lowest BCUT2D eigenvalue weighted by atomic mass is 10.3. The Labute approximate surface area is 88.8 Å². The summed E-state index contributed by atoms with van der Waals surface area (Å²) in [6.07, 6.45) is 1.70. The van der Waals surface area contributed by atoms with Crippen LogP contribution in [0.3, 0.4) is 0 Å². The second-order valence-electron chi connectivity index (χ2n) is 3.36. The van der Waals surface area contributed by atoms with Gasteiger partial charge in [-0.25, -0.2) is 4.79 Å². The van der Waals surface area contributed by atoms with Gasteiger partial charge in [-0.3, -0.25) is 0 Å². The van der Waals surface area contributed by atoms with Gasteiger partial charge in [-0.1, -0.05) is 0 Å². The summed E-state index contributed by atoms with van der Waals surface area (Å²) in [7, 11) is 2.96. The van der Waals surface area contributed by atoms with Gasteiger partial charge in [0.25, 0.3) is 0 Å². The molecule has 0 saturated heterocycles. The number of anilines is 1. The number of nitrogens with zero attached hydrogens (tertiary/aromatic N) is 1. The minimum atomic E-state index is -0.394. The van der Waals surface area contributed by atoms with E-state index in [2.05, 4.69) is 4.74 Å². The van der Waals surface area contributed by atoms with Gasteiger partial charge in [0.1, 0.15) is 5.69 Å². The van der Waals surface area contributed by atoms with E-state index in [1.807, 2.05) is 6.92 Å². The summed E-state index contributed by atoms with van der Waals surface area (Å²) < 4.78 is 11.4. The van der Waals surface area contributed by atoms with Crippen molar-refractivity contribution in [2.24, 2.45) is 0 Å². The first kappa shape index (κ1) is 11.6. The molecule has 1 heterocycles. The lowest BCUT2D eigenvalue weighted by Crippen LogP contribution is -2.16. The molecule has 5 nitrogen and oxygen atoms in total. The highest BCUT2D eigenvalue weighted by Gasteiger charge is 2.16. The van der Waals surface area contributed by atoms with E-state index in [-0.39, 0.29) is 6.04 Å². The third kappa shape index (κ3) is 2.50. The molecule has 0 spiro atoms. The SMILES string of the molecule is COCC(C)n1cc(N)cc1C(=O)OC. The lowest BCUT2D eigenvalue weighted by molar-refractivity contribution is 0.0582. The quantitative estimate of drug-likeness (QED) is 0.758. The molecule has 0 radical (unpaired) electrons. The van der Waals surface area contributed by atoms with Crippen LogP contribution >= 0.6 is 0 Å². The molecule has 0 aliphatic carbocycles. The molecular formula is C10H16N2O3. The molecule has 0 aromatic carbocycles. The summed E-state index contributed by atoms with van der Waals surface area (Å²) in [5.41, 5.74) is 6.62. The molecule has 0 aliphatic heterocycles. The van der Waals surface area contributed by atoms with Gasteiger partial charge in [-0.15, -0.1) is 0 Å². The Bertz CT molecular complexity index is 346. The first-order valence-electron chi connectivity index (χ1n) is 4.64. The summed E-state index contributed by atoms with van der Waals surface area (Å²) in [4.78, 5) is 11.4. The van der Waals surface area contributed by atoms with Crippen LogP contribution in [-0.2, 0) is 9.47 Å². The van der Waals surface area contributed by atoms with E-state index in [1.165, 1.54) is 7.11 Å². The first-order chi connectivity index (χ1) is 7.10. The highest BCUT2D eigenvalue weighted by molar-refractivity contribution is 5.89. The molecule has 1 rings (SSSR count). The standard InChI is InChI=1S/C10H16N2O3/c1-7(6-14-2)12-5-8(11)4-9(12)10(13)15-3/h4-5,7H,6,11H2,1-3H3. The number of aromatic nitrogens is 1. The van der Waals surface area contributed by atoms with Crippen LogP contribution in [0.25, 0.3) is 0 Å². The van der Waals surface area contributed by atoms with E-state index in [0.717, 1.165) is 0 Å². The molecule has 1 aromatic rings. The molecular weight excluding hydrogens is 196 g/mol. The first-order valence-corrected chi connectivity index (χ1v) is 4.64. The molecule has 2 N–H and O–H groups in total. The molecule has 0 amide bonds. The largest absolute Gasteiger partial charge is 0.464 e. The maximum atomic E-state index is 11.4. The fourth-order valence-corrected chi connectivity index (χ4v) is 1.45. The van der Waals surface area contributed by atoms with Crippen molar-refractivity contribution >= 4 is 11.7 Å². The van der Waals surface area contributed by atoms with Gasteiger partial charge in [0.05, 0.1) is 25.4 Å². The van der Waals surface area contributed by atoms with Gasteiger partial charge >= 0.3 is 5.97 Å². The van der Waals surface area contributed by atoms with Crippen molar-refractivity contribution in [2.45, 2.75) is 13.0 Å². The molecule has 1 unspecified atom stereocenters. The monoisotopic (exact) mass is 212 g/mol. The van der Waals surface area contributed by atoms with Gasteiger partial charge < -0.3 is 19.8 Å². The zero-order valence-corrected chi connectivity index (χ0v) is 9.19. The third-order valence-corrected chi connectivity index (χ3v) is 2.15. The number of nitrogens with two attached hydrogens (primary N) is 1. The van der Waals surface area contributed by atoms with Crippen LogP contribution in [0.2, 0.25) is 0 Å². The van der Waals surface area contributed by atoms with Crippen LogP contribution in [0, 0.1) is 0 Å². The highest BCUT2D eigenvalue weighted by atomic mass is 16.5. The fourth-order valence-electron chi connectivity index (χ4n) is 1.45. The highest BCUT2D eigenvalue weighted by Crippen LogP contribution is 2.17. The Morgan fingerprint density at radius 2 is 2.27 bits per heavy atom. The minimum Gasteiger partial charge on any atom is -0.464 e. The van der Waals surface area contributed by atoms with Crippen LogP contribution in [-0.4, -0.2) is 31.4 Å². The van der Waals surface area contributed by atoms with Crippen LogP contribution in [0.15, 0.2) is 12.3 Å². The fraction of sp³-hybridized carbons (Fsp3) is 0.500. The number of ether oxygens (including phenoxy) is 2. The number of methoxy groups -OCH3 is 2. The maximum Gasteiger partial charge on any atom is 0.354 e. The van der Waals surface area contributed by atoms with E-state index in [1.54, 1.807) is 23.9 Å². The molecule has 0 fully saturated rings. The smallest absolute Gasteiger partial charge is 0.354 e. The topological polar surface area (TPSA) is 66.5 Å². The number of hydrogen-bond donors (Lipinski definition) is 1.